The van der Waals surface area contributed by atoms with Crippen LogP contribution in [0.4, 0.5) is 0 Å². The molecule has 1 aromatic heterocycles. The lowest BCUT2D eigenvalue weighted by Crippen LogP contribution is -1.83. The maximum atomic E-state index is 11.2. The number of Topliss-reactive ketones (excluding diaryl/α,β-unsaturated/α-hetero) is 1. The Kier molecular flexibility index (Phi) is 3.13. The average molecular weight is 251 g/mol. The highest BCUT2D eigenvalue weighted by Crippen LogP contribution is 2.34. The zero-order chi connectivity index (χ0) is 11.7. The minimum atomic E-state index is 0.0972. The van der Waals surface area contributed by atoms with Crippen LogP contribution in [0.2, 0.25) is 5.02 Å². The SMILES string of the molecule is CC(=O)c1ccc(-c2cc(C)ccc2Cl)s1. The summed E-state index contributed by atoms with van der Waals surface area (Å²) in [6.07, 6.45) is 0. The first kappa shape index (κ1) is 11.4. The minimum Gasteiger partial charge on any atom is -0.294 e. The van der Waals surface area contributed by atoms with Crippen LogP contribution in [0.1, 0.15) is 22.2 Å². The van der Waals surface area contributed by atoms with E-state index in [4.69, 9.17) is 11.6 Å². The van der Waals surface area contributed by atoms with Crippen LogP contribution in [-0.2, 0) is 0 Å². The molecule has 82 valence electrons. The van der Waals surface area contributed by atoms with Crippen LogP contribution in [0, 0.1) is 6.92 Å². The smallest absolute Gasteiger partial charge is 0.169 e. The molecule has 0 saturated heterocycles. The number of thiophene rings is 1. The Morgan fingerprint density at radius 1 is 1.25 bits per heavy atom. The molecule has 0 spiro atoms. The number of hydrogen-bond acceptors (Lipinski definition) is 2. The van der Waals surface area contributed by atoms with E-state index in [1.807, 2.05) is 37.3 Å². The molecule has 0 N–H and O–H groups in total. The van der Waals surface area contributed by atoms with E-state index in [-0.39, 0.29) is 5.78 Å². The van der Waals surface area contributed by atoms with Crippen LogP contribution in [0.5, 0.6) is 0 Å². The lowest BCUT2D eigenvalue weighted by Gasteiger charge is -2.02. The summed E-state index contributed by atoms with van der Waals surface area (Å²) in [7, 11) is 0. The van der Waals surface area contributed by atoms with Crippen LogP contribution in [-0.4, -0.2) is 5.78 Å². The first-order valence-electron chi connectivity index (χ1n) is 4.95. The molecule has 0 amide bonds. The van der Waals surface area contributed by atoms with Gasteiger partial charge < -0.3 is 0 Å². The van der Waals surface area contributed by atoms with Gasteiger partial charge in [0, 0.05) is 15.5 Å². The van der Waals surface area contributed by atoms with Gasteiger partial charge in [-0.2, -0.15) is 0 Å². The highest BCUT2D eigenvalue weighted by molar-refractivity contribution is 7.17. The number of halogens is 1. The molecule has 2 rings (SSSR count). The molecular weight excluding hydrogens is 240 g/mol. The molecule has 0 fully saturated rings. The van der Waals surface area contributed by atoms with E-state index in [1.54, 1.807) is 6.92 Å². The molecule has 1 aromatic carbocycles. The standard InChI is InChI=1S/C13H11ClOS/c1-8-3-4-11(14)10(7-8)13-6-5-12(16-13)9(2)15/h3-7H,1-2H3. The zero-order valence-electron chi connectivity index (χ0n) is 9.08. The third-order valence-electron chi connectivity index (χ3n) is 2.34. The Balaban J connectivity index is 2.50. The summed E-state index contributed by atoms with van der Waals surface area (Å²) in [5.74, 6) is 0.0972. The highest BCUT2D eigenvalue weighted by Gasteiger charge is 2.09. The third-order valence-corrected chi connectivity index (χ3v) is 3.89. The number of rotatable bonds is 2. The van der Waals surface area contributed by atoms with E-state index in [9.17, 15) is 4.79 Å². The first-order chi connectivity index (χ1) is 7.58. The minimum absolute atomic E-state index is 0.0972. The van der Waals surface area contributed by atoms with Crippen LogP contribution in [0.15, 0.2) is 30.3 Å². The van der Waals surface area contributed by atoms with Crippen LogP contribution in [0.25, 0.3) is 10.4 Å². The quantitative estimate of drug-likeness (QED) is 0.713. The molecule has 0 radical (unpaired) electrons. The van der Waals surface area contributed by atoms with Crippen molar-refractivity contribution >= 4 is 28.7 Å². The van der Waals surface area contributed by atoms with Crippen LogP contribution < -0.4 is 0 Å². The van der Waals surface area contributed by atoms with Crippen LogP contribution >= 0.6 is 22.9 Å². The number of ketones is 1. The Hall–Kier alpha value is -1.12. The van der Waals surface area contributed by atoms with E-state index in [0.717, 1.165) is 25.9 Å². The monoisotopic (exact) mass is 250 g/mol. The van der Waals surface area contributed by atoms with Crippen molar-refractivity contribution in [2.24, 2.45) is 0 Å². The van der Waals surface area contributed by atoms with E-state index in [1.165, 1.54) is 11.3 Å². The van der Waals surface area contributed by atoms with Crippen molar-refractivity contribution < 1.29 is 4.79 Å². The average Bonchev–Trinajstić information content (AvgIpc) is 2.70. The Morgan fingerprint density at radius 3 is 2.62 bits per heavy atom. The second kappa shape index (κ2) is 4.40. The van der Waals surface area contributed by atoms with E-state index in [2.05, 4.69) is 0 Å². The first-order valence-corrected chi connectivity index (χ1v) is 6.14. The molecule has 1 heterocycles. The van der Waals surface area contributed by atoms with Gasteiger partial charge in [0.25, 0.3) is 0 Å². The van der Waals surface area contributed by atoms with Gasteiger partial charge in [0.15, 0.2) is 5.78 Å². The Morgan fingerprint density at radius 2 is 2.00 bits per heavy atom. The van der Waals surface area contributed by atoms with Crippen molar-refractivity contribution in [3.8, 4) is 10.4 Å². The molecule has 1 nitrogen and oxygen atoms in total. The van der Waals surface area contributed by atoms with Crippen molar-refractivity contribution in [1.82, 2.24) is 0 Å². The molecule has 0 atom stereocenters. The number of hydrogen-bond donors (Lipinski definition) is 0. The van der Waals surface area contributed by atoms with E-state index >= 15 is 0 Å². The van der Waals surface area contributed by atoms with Crippen molar-refractivity contribution in [2.75, 3.05) is 0 Å². The third kappa shape index (κ3) is 2.18. The van der Waals surface area contributed by atoms with Gasteiger partial charge in [0.1, 0.15) is 0 Å². The Labute approximate surface area is 104 Å². The maximum Gasteiger partial charge on any atom is 0.169 e. The number of benzene rings is 1. The number of carbonyl (C=O) groups is 1. The zero-order valence-corrected chi connectivity index (χ0v) is 10.7. The molecule has 16 heavy (non-hydrogen) atoms. The fraction of sp³-hybridized carbons (Fsp3) is 0.154. The maximum absolute atomic E-state index is 11.2. The predicted molar refractivity (Wildman–Crippen MR) is 69.5 cm³/mol. The molecule has 0 aliphatic rings. The summed E-state index contributed by atoms with van der Waals surface area (Å²) >= 11 is 7.62. The molecule has 0 aliphatic heterocycles. The second-order valence-electron chi connectivity index (χ2n) is 3.70. The fourth-order valence-electron chi connectivity index (χ4n) is 1.50. The van der Waals surface area contributed by atoms with Gasteiger partial charge >= 0.3 is 0 Å². The van der Waals surface area contributed by atoms with E-state index < -0.39 is 0 Å². The lowest BCUT2D eigenvalue weighted by atomic mass is 10.1. The lowest BCUT2D eigenvalue weighted by molar-refractivity contribution is 0.102. The van der Waals surface area contributed by atoms with Gasteiger partial charge in [-0.3, -0.25) is 4.79 Å². The van der Waals surface area contributed by atoms with Crippen molar-refractivity contribution in [3.05, 3.63) is 45.8 Å². The summed E-state index contributed by atoms with van der Waals surface area (Å²) in [6.45, 7) is 3.60. The fourth-order valence-corrected chi connectivity index (χ4v) is 2.71. The molecule has 3 heteroatoms. The molecule has 0 unspecified atom stereocenters. The van der Waals surface area contributed by atoms with Gasteiger partial charge in [0.05, 0.1) is 4.88 Å². The summed E-state index contributed by atoms with van der Waals surface area (Å²) in [5.41, 5.74) is 2.16. The molecule has 2 aromatic rings. The second-order valence-corrected chi connectivity index (χ2v) is 5.19. The summed E-state index contributed by atoms with van der Waals surface area (Å²) in [4.78, 5) is 13.0. The van der Waals surface area contributed by atoms with Crippen molar-refractivity contribution in [1.29, 1.82) is 0 Å². The summed E-state index contributed by atoms with van der Waals surface area (Å²) in [5, 5.41) is 0.725. The van der Waals surface area contributed by atoms with Gasteiger partial charge in [-0.1, -0.05) is 23.2 Å². The van der Waals surface area contributed by atoms with Crippen molar-refractivity contribution in [2.45, 2.75) is 13.8 Å². The summed E-state index contributed by atoms with van der Waals surface area (Å²) < 4.78 is 0. The highest BCUT2D eigenvalue weighted by atomic mass is 35.5. The van der Waals surface area contributed by atoms with Gasteiger partial charge in [0.2, 0.25) is 0 Å². The molecule has 0 saturated carbocycles. The summed E-state index contributed by atoms with van der Waals surface area (Å²) in [6, 6.07) is 9.70. The molecule has 0 aliphatic carbocycles. The topological polar surface area (TPSA) is 17.1 Å². The largest absolute Gasteiger partial charge is 0.294 e. The van der Waals surface area contributed by atoms with Crippen LogP contribution in [0.3, 0.4) is 0 Å². The number of aryl methyl sites for hydroxylation is 1. The van der Waals surface area contributed by atoms with Crippen molar-refractivity contribution in [3.63, 3.8) is 0 Å². The number of carbonyl (C=O) groups excluding carboxylic acids is 1. The van der Waals surface area contributed by atoms with Gasteiger partial charge in [-0.25, -0.2) is 0 Å². The van der Waals surface area contributed by atoms with E-state index in [0.29, 0.717) is 0 Å². The van der Waals surface area contributed by atoms with Gasteiger partial charge in [-0.05, 0) is 38.1 Å². The predicted octanol–water partition coefficient (Wildman–Crippen LogP) is 4.58. The Bertz CT molecular complexity index is 543. The molecule has 0 bridgehead atoms. The van der Waals surface area contributed by atoms with Gasteiger partial charge in [-0.15, -0.1) is 11.3 Å². The normalized spacial score (nSPS) is 10.4. The molecular formula is C13H11ClOS.